The van der Waals surface area contributed by atoms with E-state index >= 15 is 0 Å². The summed E-state index contributed by atoms with van der Waals surface area (Å²) in [5, 5.41) is 3.91. The molecule has 7 aromatic carbocycles. The van der Waals surface area contributed by atoms with Gasteiger partial charge in [0.2, 0.25) is 0 Å². The predicted molar refractivity (Wildman–Crippen MR) is 290 cm³/mol. The number of nitrogens with zero attached hydrogens (tertiary/aromatic N) is 3. The zero-order valence-electron chi connectivity index (χ0n) is 40.9. The van der Waals surface area contributed by atoms with Crippen LogP contribution in [0.4, 0.5) is 34.1 Å². The van der Waals surface area contributed by atoms with Gasteiger partial charge in [0.05, 0.1) is 11.4 Å². The molecular formula is C61H62BN3S. The van der Waals surface area contributed by atoms with Crippen LogP contribution in [0.1, 0.15) is 111 Å². The number of rotatable bonds is 6. The van der Waals surface area contributed by atoms with Gasteiger partial charge in [-0.25, -0.2) is 0 Å². The lowest BCUT2D eigenvalue weighted by Crippen LogP contribution is -2.60. The topological polar surface area (TPSA) is 11.4 Å². The summed E-state index contributed by atoms with van der Waals surface area (Å²) >= 11 is 1.99. The summed E-state index contributed by atoms with van der Waals surface area (Å²) < 4.78 is 5.09. The molecule has 2 aromatic heterocycles. The van der Waals surface area contributed by atoms with E-state index in [0.717, 1.165) is 6.42 Å². The van der Waals surface area contributed by atoms with E-state index in [0.29, 0.717) is 5.92 Å². The van der Waals surface area contributed by atoms with Crippen molar-refractivity contribution in [2.24, 2.45) is 7.05 Å². The van der Waals surface area contributed by atoms with E-state index in [9.17, 15) is 0 Å². The van der Waals surface area contributed by atoms with E-state index in [2.05, 4.69) is 237 Å². The van der Waals surface area contributed by atoms with Gasteiger partial charge in [0.1, 0.15) is 0 Å². The van der Waals surface area contributed by atoms with E-state index in [4.69, 9.17) is 0 Å². The van der Waals surface area contributed by atoms with Gasteiger partial charge in [-0.05, 0) is 140 Å². The van der Waals surface area contributed by atoms with Gasteiger partial charge in [0, 0.05) is 72.0 Å². The van der Waals surface area contributed by atoms with Crippen molar-refractivity contribution in [3.8, 4) is 11.1 Å². The Morgan fingerprint density at radius 2 is 1.21 bits per heavy atom. The lowest BCUT2D eigenvalue weighted by molar-refractivity contribution is 0.506. The van der Waals surface area contributed by atoms with Gasteiger partial charge in [-0.2, -0.15) is 0 Å². The molecular weight excluding hydrogens is 818 g/mol. The van der Waals surface area contributed by atoms with Crippen LogP contribution in [0.2, 0.25) is 0 Å². The van der Waals surface area contributed by atoms with Crippen LogP contribution in [0.25, 0.3) is 43.0 Å². The maximum absolute atomic E-state index is 2.62. The summed E-state index contributed by atoms with van der Waals surface area (Å²) in [5.74, 6) is 0.386. The van der Waals surface area contributed by atoms with Crippen LogP contribution < -0.4 is 25.5 Å². The average Bonchev–Trinajstić information content (AvgIpc) is 3.82. The molecule has 9 aromatic rings. The third kappa shape index (κ3) is 6.51. The summed E-state index contributed by atoms with van der Waals surface area (Å²) in [5.41, 5.74) is 20.7. The number of thiophene rings is 1. The van der Waals surface area contributed by atoms with Crippen LogP contribution in [0.3, 0.4) is 0 Å². The van der Waals surface area contributed by atoms with E-state index in [1.807, 2.05) is 11.3 Å². The molecule has 0 N–H and O–H groups in total. The number of hydrogen-bond donors (Lipinski definition) is 0. The lowest BCUT2D eigenvalue weighted by Gasteiger charge is -2.44. The molecule has 2 aliphatic rings. The highest BCUT2D eigenvalue weighted by molar-refractivity contribution is 7.33. The molecule has 4 heterocycles. The third-order valence-electron chi connectivity index (χ3n) is 15.3. The molecule has 5 heteroatoms. The fraction of sp³-hybridized carbons (Fsp3) is 0.279. The molecule has 0 unspecified atom stereocenters. The molecule has 66 heavy (non-hydrogen) atoms. The van der Waals surface area contributed by atoms with Crippen molar-refractivity contribution in [2.75, 3.05) is 9.80 Å². The summed E-state index contributed by atoms with van der Waals surface area (Å²) in [6.07, 6.45) is 1.08. The number of fused-ring (bicyclic) bond motifs is 9. The second kappa shape index (κ2) is 15.0. The third-order valence-corrected chi connectivity index (χ3v) is 16.5. The highest BCUT2D eigenvalue weighted by atomic mass is 32.1. The fourth-order valence-electron chi connectivity index (χ4n) is 10.8. The number of aromatic nitrogens is 1. The lowest BCUT2D eigenvalue weighted by atomic mass is 9.36. The molecule has 0 saturated carbocycles. The van der Waals surface area contributed by atoms with E-state index in [-0.39, 0.29) is 23.0 Å². The molecule has 0 radical (unpaired) electrons. The minimum Gasteiger partial charge on any atom is -0.344 e. The molecule has 0 aliphatic carbocycles. The summed E-state index contributed by atoms with van der Waals surface area (Å²) in [7, 11) is 2.19. The monoisotopic (exact) mass is 879 g/mol. The van der Waals surface area contributed by atoms with Crippen molar-refractivity contribution in [3.63, 3.8) is 0 Å². The molecule has 11 rings (SSSR count). The molecule has 0 saturated heterocycles. The predicted octanol–water partition coefficient (Wildman–Crippen LogP) is 15.7. The molecule has 0 fully saturated rings. The van der Waals surface area contributed by atoms with Gasteiger partial charge in [0.25, 0.3) is 6.71 Å². The Bertz CT molecular complexity index is 3400. The first-order chi connectivity index (χ1) is 31.4. The summed E-state index contributed by atoms with van der Waals surface area (Å²) in [6, 6.07) is 54.4. The van der Waals surface area contributed by atoms with E-state index in [1.54, 1.807) is 0 Å². The van der Waals surface area contributed by atoms with Gasteiger partial charge >= 0.3 is 0 Å². The fourth-order valence-corrected chi connectivity index (χ4v) is 12.1. The van der Waals surface area contributed by atoms with Gasteiger partial charge in [-0.15, -0.1) is 11.3 Å². The molecule has 0 atom stereocenters. The van der Waals surface area contributed by atoms with E-state index in [1.165, 1.54) is 115 Å². The van der Waals surface area contributed by atoms with E-state index < -0.39 is 0 Å². The normalized spacial score (nSPS) is 13.9. The number of benzene rings is 7. The standard InChI is InChI=1S/C61H62BN3S/c1-13-61(10,11)40-23-27-43(28-24-40)64-53-19-16-20-54-56(53)62(58-57(64)47-36-42(60(7,8)9)26-32-55(47)66-58)48-34-38(37(2)3)21-30-52(48)65(54)51-31-25-41(59(4,5)6)35-45(51)39-22-29-50-46(33-39)44-17-14-15-18-49(44)63(50)12/h14-37H,13H2,1-12H3. The van der Waals surface area contributed by atoms with Crippen LogP contribution in [-0.2, 0) is 23.3 Å². The van der Waals surface area contributed by atoms with Crippen molar-refractivity contribution in [1.82, 2.24) is 4.57 Å². The van der Waals surface area contributed by atoms with Crippen molar-refractivity contribution in [2.45, 2.75) is 105 Å². The Labute approximate surface area is 396 Å². The zero-order valence-corrected chi connectivity index (χ0v) is 41.7. The quantitative estimate of drug-likeness (QED) is 0.154. The molecule has 0 amide bonds. The van der Waals surface area contributed by atoms with Gasteiger partial charge in [-0.1, -0.05) is 143 Å². The Hall–Kier alpha value is -6.04. The van der Waals surface area contributed by atoms with Crippen LogP contribution in [0.5, 0.6) is 0 Å². The maximum atomic E-state index is 2.62. The minimum atomic E-state index is -0.0351. The number of hydrogen-bond acceptors (Lipinski definition) is 3. The van der Waals surface area contributed by atoms with Gasteiger partial charge in [-0.3, -0.25) is 0 Å². The highest BCUT2D eigenvalue weighted by Gasteiger charge is 2.46. The first-order valence-electron chi connectivity index (χ1n) is 24.1. The maximum Gasteiger partial charge on any atom is 0.264 e. The largest absolute Gasteiger partial charge is 0.344 e. The zero-order chi connectivity index (χ0) is 46.2. The Morgan fingerprint density at radius 3 is 1.92 bits per heavy atom. The summed E-state index contributed by atoms with van der Waals surface area (Å²) in [4.78, 5) is 5.23. The number of aryl methyl sites for hydroxylation is 1. The average molecular weight is 880 g/mol. The van der Waals surface area contributed by atoms with Crippen molar-refractivity contribution < 1.29 is 0 Å². The first kappa shape index (κ1) is 42.6. The summed E-state index contributed by atoms with van der Waals surface area (Å²) in [6.45, 7) is 25.7. The molecule has 3 nitrogen and oxygen atoms in total. The Morgan fingerprint density at radius 1 is 0.561 bits per heavy atom. The number of para-hydroxylation sites is 1. The Kier molecular flexibility index (Phi) is 9.67. The van der Waals surface area contributed by atoms with Crippen LogP contribution in [0.15, 0.2) is 140 Å². The van der Waals surface area contributed by atoms with Crippen molar-refractivity contribution in [3.05, 3.63) is 162 Å². The Balaban J connectivity index is 1.21. The van der Waals surface area contributed by atoms with Crippen LogP contribution in [-0.4, -0.2) is 11.3 Å². The van der Waals surface area contributed by atoms with Crippen molar-refractivity contribution in [1.29, 1.82) is 0 Å². The smallest absolute Gasteiger partial charge is 0.264 e. The second-order valence-electron chi connectivity index (χ2n) is 22.1. The van der Waals surface area contributed by atoms with Crippen molar-refractivity contribution >= 4 is 99.8 Å². The highest BCUT2D eigenvalue weighted by Crippen LogP contribution is 2.51. The van der Waals surface area contributed by atoms with Gasteiger partial charge < -0.3 is 14.4 Å². The minimum absolute atomic E-state index is 0.0173. The van der Waals surface area contributed by atoms with Gasteiger partial charge in [0.15, 0.2) is 0 Å². The molecule has 330 valence electrons. The first-order valence-corrected chi connectivity index (χ1v) is 24.9. The molecule has 0 spiro atoms. The SMILES string of the molecule is CCC(C)(C)c1ccc(N2c3cccc4c3B(c3cc(C(C)C)ccc3N4c3ccc(C(C)(C)C)cc3-c3ccc4c(c3)c3ccccc3n4C)c3sc4ccc(C(C)(C)C)cc4c32)cc1. The molecule has 0 bridgehead atoms. The number of anilines is 6. The molecule has 2 aliphatic heterocycles. The second-order valence-corrected chi connectivity index (χ2v) is 23.2. The van der Waals surface area contributed by atoms with Crippen LogP contribution >= 0.6 is 11.3 Å². The van der Waals surface area contributed by atoms with Crippen LogP contribution in [0, 0.1) is 0 Å².